The van der Waals surface area contributed by atoms with Crippen LogP contribution in [0.1, 0.15) is 31.5 Å². The lowest BCUT2D eigenvalue weighted by atomic mass is 10.3. The van der Waals surface area contributed by atoms with Crippen LogP contribution >= 0.6 is 11.6 Å². The first-order valence-electron chi connectivity index (χ1n) is 9.81. The summed E-state index contributed by atoms with van der Waals surface area (Å²) >= 11 is 5.89. The molecule has 1 heterocycles. The number of nitrogens with one attached hydrogen (secondary N) is 1. The SMILES string of the molecule is O=C(NCc1nc2ccccc2n1CCCCOc1ccc(Cl)cc1)C1CC1. The van der Waals surface area contributed by atoms with Crippen molar-refractivity contribution in [1.82, 2.24) is 14.9 Å². The van der Waals surface area contributed by atoms with Gasteiger partial charge < -0.3 is 14.6 Å². The van der Waals surface area contributed by atoms with Crippen LogP contribution < -0.4 is 10.1 Å². The van der Waals surface area contributed by atoms with Gasteiger partial charge in [0.15, 0.2) is 0 Å². The number of imidazole rings is 1. The van der Waals surface area contributed by atoms with Gasteiger partial charge in [0.25, 0.3) is 0 Å². The van der Waals surface area contributed by atoms with Gasteiger partial charge in [0.05, 0.1) is 24.2 Å². The molecular weight excluding hydrogens is 374 g/mol. The van der Waals surface area contributed by atoms with E-state index >= 15 is 0 Å². The Balaban J connectivity index is 1.34. The molecule has 6 heteroatoms. The number of ether oxygens (including phenoxy) is 1. The third-order valence-corrected chi connectivity index (χ3v) is 5.21. The average molecular weight is 398 g/mol. The highest BCUT2D eigenvalue weighted by molar-refractivity contribution is 6.30. The second-order valence-electron chi connectivity index (χ2n) is 7.17. The van der Waals surface area contributed by atoms with Gasteiger partial charge in [0.2, 0.25) is 5.91 Å². The van der Waals surface area contributed by atoms with Crippen molar-refractivity contribution < 1.29 is 9.53 Å². The number of nitrogens with zero attached hydrogens (tertiary/aromatic N) is 2. The molecule has 28 heavy (non-hydrogen) atoms. The molecule has 5 nitrogen and oxygen atoms in total. The van der Waals surface area contributed by atoms with E-state index in [1.807, 2.05) is 42.5 Å². The Kier molecular flexibility index (Phi) is 5.81. The van der Waals surface area contributed by atoms with Crippen LogP contribution in [0.25, 0.3) is 11.0 Å². The van der Waals surface area contributed by atoms with Crippen molar-refractivity contribution in [2.75, 3.05) is 6.61 Å². The lowest BCUT2D eigenvalue weighted by molar-refractivity contribution is -0.122. The highest BCUT2D eigenvalue weighted by Crippen LogP contribution is 2.29. The molecule has 0 spiro atoms. The van der Waals surface area contributed by atoms with Crippen LogP contribution in [0.5, 0.6) is 5.75 Å². The molecule has 3 aromatic rings. The number of carbonyl (C=O) groups is 1. The molecule has 1 saturated carbocycles. The Hall–Kier alpha value is -2.53. The first-order chi connectivity index (χ1) is 13.7. The van der Waals surface area contributed by atoms with Crippen molar-refractivity contribution in [3.63, 3.8) is 0 Å². The fourth-order valence-electron chi connectivity index (χ4n) is 3.26. The van der Waals surface area contributed by atoms with E-state index in [0.717, 1.165) is 54.8 Å². The zero-order chi connectivity index (χ0) is 19.3. The third kappa shape index (κ3) is 4.65. The number of para-hydroxylation sites is 2. The van der Waals surface area contributed by atoms with Crippen molar-refractivity contribution >= 4 is 28.5 Å². The molecule has 2 aromatic carbocycles. The van der Waals surface area contributed by atoms with Gasteiger partial charge in [0.1, 0.15) is 11.6 Å². The number of carbonyl (C=O) groups excluding carboxylic acids is 1. The molecule has 0 saturated heterocycles. The molecule has 0 unspecified atom stereocenters. The number of halogens is 1. The van der Waals surface area contributed by atoms with Gasteiger partial charge in [-0.2, -0.15) is 0 Å². The predicted molar refractivity (Wildman–Crippen MR) is 110 cm³/mol. The number of rotatable bonds is 9. The largest absolute Gasteiger partial charge is 0.494 e. The van der Waals surface area contributed by atoms with Gasteiger partial charge in [0, 0.05) is 17.5 Å². The van der Waals surface area contributed by atoms with Gasteiger partial charge in [-0.3, -0.25) is 4.79 Å². The molecule has 0 radical (unpaired) electrons. The zero-order valence-corrected chi connectivity index (χ0v) is 16.5. The van der Waals surface area contributed by atoms with Gasteiger partial charge in [-0.15, -0.1) is 0 Å². The molecule has 1 aromatic heterocycles. The summed E-state index contributed by atoms with van der Waals surface area (Å²) in [4.78, 5) is 16.7. The summed E-state index contributed by atoms with van der Waals surface area (Å²) < 4.78 is 7.98. The molecule has 146 valence electrons. The van der Waals surface area contributed by atoms with E-state index < -0.39 is 0 Å². The monoisotopic (exact) mass is 397 g/mol. The Morgan fingerprint density at radius 1 is 1.14 bits per heavy atom. The summed E-state index contributed by atoms with van der Waals surface area (Å²) in [7, 11) is 0. The molecule has 0 aliphatic heterocycles. The van der Waals surface area contributed by atoms with E-state index in [1.165, 1.54) is 0 Å². The van der Waals surface area contributed by atoms with Crippen LogP contribution in [0.3, 0.4) is 0 Å². The molecular formula is C22H24ClN3O2. The minimum absolute atomic E-state index is 0.148. The summed E-state index contributed by atoms with van der Waals surface area (Å²) in [5.41, 5.74) is 2.08. The Morgan fingerprint density at radius 2 is 1.93 bits per heavy atom. The first-order valence-corrected chi connectivity index (χ1v) is 10.2. The van der Waals surface area contributed by atoms with Gasteiger partial charge >= 0.3 is 0 Å². The molecule has 0 bridgehead atoms. The Morgan fingerprint density at radius 3 is 2.71 bits per heavy atom. The second-order valence-corrected chi connectivity index (χ2v) is 7.61. The van der Waals surface area contributed by atoms with E-state index in [1.54, 1.807) is 0 Å². The summed E-state index contributed by atoms with van der Waals surface area (Å²) in [6, 6.07) is 15.5. The molecule has 1 N–H and O–H groups in total. The summed E-state index contributed by atoms with van der Waals surface area (Å²) in [5, 5.41) is 3.74. The lowest BCUT2D eigenvalue weighted by Gasteiger charge is -2.11. The van der Waals surface area contributed by atoms with Crippen LogP contribution in [0.4, 0.5) is 0 Å². The number of aryl methyl sites for hydroxylation is 1. The van der Waals surface area contributed by atoms with Crippen LogP contribution in [0.15, 0.2) is 48.5 Å². The van der Waals surface area contributed by atoms with Crippen molar-refractivity contribution in [1.29, 1.82) is 0 Å². The molecule has 1 aliphatic rings. The molecule has 1 fully saturated rings. The summed E-state index contributed by atoms with van der Waals surface area (Å²) in [6.07, 6.45) is 3.92. The topological polar surface area (TPSA) is 56.2 Å². The maximum Gasteiger partial charge on any atom is 0.223 e. The number of fused-ring (bicyclic) bond motifs is 1. The van der Waals surface area contributed by atoms with Crippen molar-refractivity contribution in [2.45, 2.75) is 38.8 Å². The number of amides is 1. The minimum atomic E-state index is 0.148. The van der Waals surface area contributed by atoms with Crippen LogP contribution in [0, 0.1) is 5.92 Å². The summed E-state index contributed by atoms with van der Waals surface area (Å²) in [5.74, 6) is 2.10. The zero-order valence-electron chi connectivity index (χ0n) is 15.7. The van der Waals surface area contributed by atoms with Gasteiger partial charge in [-0.05, 0) is 62.1 Å². The second kappa shape index (κ2) is 8.65. The fraction of sp³-hybridized carbons (Fsp3) is 0.364. The number of unbranched alkanes of at least 4 members (excludes halogenated alkanes) is 1. The molecule has 1 aliphatic carbocycles. The fourth-order valence-corrected chi connectivity index (χ4v) is 3.38. The highest BCUT2D eigenvalue weighted by Gasteiger charge is 2.29. The van der Waals surface area contributed by atoms with E-state index in [4.69, 9.17) is 21.3 Å². The normalized spacial score (nSPS) is 13.6. The Labute approximate surface area is 169 Å². The lowest BCUT2D eigenvalue weighted by Crippen LogP contribution is -2.26. The van der Waals surface area contributed by atoms with E-state index in [0.29, 0.717) is 18.2 Å². The van der Waals surface area contributed by atoms with Crippen LogP contribution in [0.2, 0.25) is 5.02 Å². The maximum absolute atomic E-state index is 12.0. The van der Waals surface area contributed by atoms with Gasteiger partial charge in [-0.25, -0.2) is 4.98 Å². The Bertz CT molecular complexity index is 948. The van der Waals surface area contributed by atoms with Crippen molar-refractivity contribution in [2.24, 2.45) is 5.92 Å². The van der Waals surface area contributed by atoms with E-state index in [9.17, 15) is 4.79 Å². The van der Waals surface area contributed by atoms with Crippen molar-refractivity contribution in [3.8, 4) is 5.75 Å². The van der Waals surface area contributed by atoms with E-state index in [-0.39, 0.29) is 11.8 Å². The van der Waals surface area contributed by atoms with E-state index in [2.05, 4.69) is 16.0 Å². The molecule has 0 atom stereocenters. The standard InChI is InChI=1S/C22H24ClN3O2/c23-17-9-11-18(12-10-17)28-14-4-3-13-26-20-6-2-1-5-19(20)25-21(26)15-24-22(27)16-7-8-16/h1-2,5-6,9-12,16H,3-4,7-8,13-15H2,(H,24,27). The van der Waals surface area contributed by atoms with Crippen molar-refractivity contribution in [3.05, 3.63) is 59.4 Å². The molecule has 1 amide bonds. The minimum Gasteiger partial charge on any atom is -0.494 e. The summed E-state index contributed by atoms with van der Waals surface area (Å²) in [6.45, 7) is 1.98. The first kappa shape index (κ1) is 18.8. The van der Waals surface area contributed by atoms with Gasteiger partial charge in [-0.1, -0.05) is 23.7 Å². The molecule has 4 rings (SSSR count). The van der Waals surface area contributed by atoms with Crippen LogP contribution in [-0.2, 0) is 17.9 Å². The predicted octanol–water partition coefficient (Wildman–Crippen LogP) is 4.58. The number of aromatic nitrogens is 2. The highest BCUT2D eigenvalue weighted by atomic mass is 35.5. The van der Waals surface area contributed by atoms with Crippen LogP contribution in [-0.4, -0.2) is 22.1 Å². The third-order valence-electron chi connectivity index (χ3n) is 4.96. The smallest absolute Gasteiger partial charge is 0.223 e. The maximum atomic E-state index is 12.0. The quantitative estimate of drug-likeness (QED) is 0.538. The number of hydrogen-bond donors (Lipinski definition) is 1. The number of benzene rings is 2. The average Bonchev–Trinajstić information content (AvgIpc) is 3.50. The number of hydrogen-bond acceptors (Lipinski definition) is 3.